The van der Waals surface area contributed by atoms with E-state index in [2.05, 4.69) is 162 Å². The van der Waals surface area contributed by atoms with Gasteiger partial charge in [-0.1, -0.05) is 96.0 Å². The van der Waals surface area contributed by atoms with Crippen LogP contribution in [0.15, 0.2) is 80.3 Å². The van der Waals surface area contributed by atoms with Crippen molar-refractivity contribution in [3.05, 3.63) is 130 Å². The summed E-state index contributed by atoms with van der Waals surface area (Å²) in [5, 5.41) is 21.7. The Hall–Kier alpha value is -5.64. The van der Waals surface area contributed by atoms with Crippen LogP contribution < -0.4 is 42.5 Å². The monoisotopic (exact) mass is 836 g/mol. The van der Waals surface area contributed by atoms with Crippen molar-refractivity contribution in [1.29, 1.82) is 0 Å². The number of H-pyrrole nitrogens is 2. The van der Waals surface area contributed by atoms with Crippen molar-refractivity contribution >= 4 is 58.9 Å². The van der Waals surface area contributed by atoms with E-state index in [9.17, 15) is 0 Å². The van der Waals surface area contributed by atoms with Gasteiger partial charge < -0.3 is 40.7 Å². The average molecular weight is 836 g/mol. The van der Waals surface area contributed by atoms with E-state index in [4.69, 9.17) is 0 Å². The molecular weight excluding hydrogens is 763 g/mol. The van der Waals surface area contributed by atoms with Crippen LogP contribution in [-0.2, 0) is 0 Å². The first-order chi connectivity index (χ1) is 29.9. The third-order valence-electron chi connectivity index (χ3n) is 12.6. The fourth-order valence-corrected chi connectivity index (χ4v) is 9.28. The summed E-state index contributed by atoms with van der Waals surface area (Å²) >= 11 is 0. The fourth-order valence-electron chi connectivity index (χ4n) is 9.28. The third-order valence-corrected chi connectivity index (χ3v) is 12.6. The highest BCUT2D eigenvalue weighted by atomic mass is 15.3. The lowest BCUT2D eigenvalue weighted by molar-refractivity contribution is 0.138. The number of nitrogens with one attached hydrogen (secondary N) is 6. The maximum atomic E-state index is 4.52. The SMILES string of the molecule is C=CNC(=C)C(CCC)n1c(=C)c2cccc(NCCCCCCNC(=C)CN3CCN(CCCNC(=C)c4c(C)[nH]c(/C=c5\c(=C)[nH]c6ccc(C)cc56)c4C)CC3)c2c1=C. The van der Waals surface area contributed by atoms with E-state index in [0.29, 0.717) is 0 Å². The van der Waals surface area contributed by atoms with Crippen molar-refractivity contribution in [3.8, 4) is 0 Å². The Kier molecular flexibility index (Phi) is 15.9. The van der Waals surface area contributed by atoms with Gasteiger partial charge in [-0.3, -0.25) is 4.90 Å². The number of aromatic nitrogens is 3. The van der Waals surface area contributed by atoms with Crippen molar-refractivity contribution < 1.29 is 0 Å². The van der Waals surface area contributed by atoms with Crippen molar-refractivity contribution in [1.82, 2.24) is 40.3 Å². The molecule has 1 aliphatic heterocycles. The number of hydrogen-bond donors (Lipinski definition) is 6. The van der Waals surface area contributed by atoms with Crippen LogP contribution >= 0.6 is 0 Å². The highest BCUT2D eigenvalue weighted by Crippen LogP contribution is 2.25. The van der Waals surface area contributed by atoms with Crippen LogP contribution in [0.4, 0.5) is 5.69 Å². The minimum Gasteiger partial charge on any atom is -0.388 e. The Bertz CT molecular complexity index is 2590. The molecule has 6 rings (SSSR count). The molecule has 9 nitrogen and oxygen atoms in total. The Morgan fingerprint density at radius 2 is 1.55 bits per heavy atom. The lowest BCUT2D eigenvalue weighted by Crippen LogP contribution is -2.48. The van der Waals surface area contributed by atoms with Crippen molar-refractivity contribution in [2.75, 3.05) is 64.2 Å². The molecule has 1 atom stereocenters. The molecular formula is C53H73N9. The molecule has 0 saturated carbocycles. The number of aromatic amines is 2. The van der Waals surface area contributed by atoms with Crippen molar-refractivity contribution in [2.24, 2.45) is 0 Å². The van der Waals surface area contributed by atoms with Gasteiger partial charge in [-0.15, -0.1) is 0 Å². The van der Waals surface area contributed by atoms with Gasteiger partial charge in [-0.2, -0.15) is 0 Å². The number of rotatable bonds is 24. The van der Waals surface area contributed by atoms with Gasteiger partial charge in [0.15, 0.2) is 0 Å². The summed E-state index contributed by atoms with van der Waals surface area (Å²) in [6.45, 7) is 47.9. The maximum Gasteiger partial charge on any atom is 0.0734 e. The van der Waals surface area contributed by atoms with Crippen LogP contribution in [-0.4, -0.2) is 83.2 Å². The number of benzene rings is 2. The van der Waals surface area contributed by atoms with Crippen LogP contribution in [0.25, 0.3) is 53.2 Å². The number of fused-ring (bicyclic) bond motifs is 2. The summed E-state index contributed by atoms with van der Waals surface area (Å²) in [7, 11) is 0. The molecule has 6 N–H and O–H groups in total. The molecule has 1 saturated heterocycles. The lowest BCUT2D eigenvalue weighted by Gasteiger charge is -2.35. The van der Waals surface area contributed by atoms with Gasteiger partial charge in [0.1, 0.15) is 0 Å². The molecule has 0 spiro atoms. The second-order valence-electron chi connectivity index (χ2n) is 17.3. The highest BCUT2D eigenvalue weighted by Gasteiger charge is 2.20. The molecule has 1 fully saturated rings. The topological polar surface area (TPSA) is 91.1 Å². The van der Waals surface area contributed by atoms with Crippen molar-refractivity contribution in [2.45, 2.75) is 78.7 Å². The van der Waals surface area contributed by atoms with Gasteiger partial charge in [0, 0.05) is 135 Å². The summed E-state index contributed by atoms with van der Waals surface area (Å²) in [5.74, 6) is 0. The lowest BCUT2D eigenvalue weighted by atomic mass is 10.1. The standard InChI is InChI=1S/C53H73N9/c1-12-20-51(40(7)54-13-2)62-43(10)45-21-18-22-49(53(45)44(62)11)57-26-17-15-14-16-25-55-37(4)35-61-31-29-60(30-32-61)28-19-27-56-41(8)52-38(5)50(59-42(52)9)34-46-39(6)58-48-24-23-36(3)33-47(46)48/h13,18,21-24,33-34,51,54-59H,2,4,6-8,10-12,14-17,19-20,25-32,35H2,1,3,5,9H3/b46-34+. The number of anilines is 1. The minimum atomic E-state index is 0.0690. The summed E-state index contributed by atoms with van der Waals surface area (Å²) in [4.78, 5) is 12.2. The largest absolute Gasteiger partial charge is 0.388 e. The molecule has 1 aliphatic rings. The third kappa shape index (κ3) is 10.9. The number of aryl methyl sites for hydroxylation is 2. The molecule has 5 aromatic rings. The fraction of sp³-hybridized carbons (Fsp3) is 0.396. The van der Waals surface area contributed by atoms with Crippen LogP contribution in [0.2, 0.25) is 0 Å². The van der Waals surface area contributed by atoms with Gasteiger partial charge in [-0.05, 0) is 89.0 Å². The molecule has 0 bridgehead atoms. The minimum absolute atomic E-state index is 0.0690. The number of hydrogen-bond acceptors (Lipinski definition) is 6. The zero-order valence-corrected chi connectivity index (χ0v) is 38.3. The van der Waals surface area contributed by atoms with Gasteiger partial charge in [0.05, 0.1) is 6.04 Å². The summed E-state index contributed by atoms with van der Waals surface area (Å²) < 4.78 is 2.24. The Labute approximate surface area is 370 Å². The van der Waals surface area contributed by atoms with Gasteiger partial charge in [0.2, 0.25) is 0 Å². The molecule has 330 valence electrons. The molecule has 9 heteroatoms. The van der Waals surface area contributed by atoms with Crippen molar-refractivity contribution in [3.63, 3.8) is 0 Å². The first kappa shape index (κ1) is 45.9. The Balaban J connectivity index is 0.843. The molecule has 4 heterocycles. The summed E-state index contributed by atoms with van der Waals surface area (Å²) in [6.07, 6.45) is 11.6. The van der Waals surface area contributed by atoms with E-state index < -0.39 is 0 Å². The van der Waals surface area contributed by atoms with E-state index in [0.717, 1.165) is 163 Å². The van der Waals surface area contributed by atoms with Gasteiger partial charge >= 0.3 is 0 Å². The van der Waals surface area contributed by atoms with Gasteiger partial charge in [0.25, 0.3) is 0 Å². The predicted molar refractivity (Wildman–Crippen MR) is 269 cm³/mol. The average Bonchev–Trinajstić information content (AvgIpc) is 3.81. The molecule has 62 heavy (non-hydrogen) atoms. The van der Waals surface area contributed by atoms with E-state index in [1.807, 2.05) is 0 Å². The molecule has 0 aliphatic carbocycles. The van der Waals surface area contributed by atoms with E-state index >= 15 is 0 Å². The van der Waals surface area contributed by atoms with E-state index in [1.54, 1.807) is 6.20 Å². The first-order valence-corrected chi connectivity index (χ1v) is 22.8. The quantitative estimate of drug-likeness (QED) is 0.0365. The highest BCUT2D eigenvalue weighted by molar-refractivity contribution is 5.94. The molecule has 3 aromatic heterocycles. The normalized spacial score (nSPS) is 14.4. The second-order valence-corrected chi connectivity index (χ2v) is 17.3. The summed E-state index contributed by atoms with van der Waals surface area (Å²) in [5.41, 5.74) is 11.1. The van der Waals surface area contributed by atoms with Crippen LogP contribution in [0.1, 0.15) is 86.0 Å². The van der Waals surface area contributed by atoms with Crippen LogP contribution in [0.3, 0.4) is 0 Å². The van der Waals surface area contributed by atoms with E-state index in [-0.39, 0.29) is 6.04 Å². The van der Waals surface area contributed by atoms with Crippen LogP contribution in [0, 0.1) is 20.8 Å². The number of allylic oxidation sites excluding steroid dienone is 1. The molecule has 0 amide bonds. The molecule has 0 radical (unpaired) electrons. The van der Waals surface area contributed by atoms with Crippen LogP contribution in [0.5, 0.6) is 0 Å². The molecule has 2 aromatic carbocycles. The predicted octanol–water partition coefficient (Wildman–Crippen LogP) is 7.37. The zero-order valence-electron chi connectivity index (χ0n) is 38.3. The number of piperazine rings is 1. The zero-order chi connectivity index (χ0) is 44.3. The Morgan fingerprint density at radius 1 is 0.823 bits per heavy atom. The van der Waals surface area contributed by atoms with Gasteiger partial charge in [-0.25, -0.2) is 0 Å². The number of nitrogens with zero attached hydrogens (tertiary/aromatic N) is 3. The maximum absolute atomic E-state index is 4.52. The number of unbranched alkanes of at least 4 members (excludes halogenated alkanes) is 3. The first-order valence-electron chi connectivity index (χ1n) is 22.8. The Morgan fingerprint density at radius 3 is 2.29 bits per heavy atom. The second kappa shape index (κ2) is 21.4. The molecule has 1 unspecified atom stereocenters. The smallest absolute Gasteiger partial charge is 0.0734 e. The van der Waals surface area contributed by atoms with E-state index in [1.165, 1.54) is 34.9 Å². The summed E-state index contributed by atoms with van der Waals surface area (Å²) in [6, 6.07) is 13.0.